The summed E-state index contributed by atoms with van der Waals surface area (Å²) < 4.78 is 1.67. The van der Waals surface area contributed by atoms with Crippen LogP contribution in [0.2, 0.25) is 0 Å². The van der Waals surface area contributed by atoms with E-state index in [0.717, 1.165) is 16.0 Å². The lowest BCUT2D eigenvalue weighted by Gasteiger charge is -2.08. The Morgan fingerprint density at radius 3 is 2.37 bits per heavy atom. The van der Waals surface area contributed by atoms with Crippen molar-refractivity contribution in [2.24, 2.45) is 0 Å². The zero-order valence-electron chi connectivity index (χ0n) is 16.5. The summed E-state index contributed by atoms with van der Waals surface area (Å²) in [4.78, 5) is 25.1. The minimum Gasteiger partial charge on any atom is -0.351 e. The molecule has 0 aliphatic heterocycles. The van der Waals surface area contributed by atoms with Gasteiger partial charge in [0.15, 0.2) is 0 Å². The maximum Gasteiger partial charge on any atom is 0.250 e. The van der Waals surface area contributed by atoms with Crippen LogP contribution in [0.5, 0.6) is 0 Å². The van der Waals surface area contributed by atoms with Crippen molar-refractivity contribution >= 4 is 28.4 Å². The first-order valence-electron chi connectivity index (χ1n) is 9.79. The molecule has 0 unspecified atom stereocenters. The molecule has 4 nitrogen and oxygen atoms in total. The molecule has 0 atom stereocenters. The van der Waals surface area contributed by atoms with Crippen LogP contribution >= 0.6 is 11.8 Å². The van der Waals surface area contributed by atoms with E-state index in [1.165, 1.54) is 22.5 Å². The Morgan fingerprint density at radius 1 is 0.833 bits per heavy atom. The van der Waals surface area contributed by atoms with E-state index in [1.807, 2.05) is 42.5 Å². The first kappa shape index (κ1) is 20.0. The van der Waals surface area contributed by atoms with Gasteiger partial charge in [-0.1, -0.05) is 60.7 Å². The van der Waals surface area contributed by atoms with Crippen molar-refractivity contribution in [1.29, 1.82) is 0 Å². The largest absolute Gasteiger partial charge is 0.351 e. The first-order chi connectivity index (χ1) is 14.7. The number of fused-ring (bicyclic) bond motifs is 1. The predicted octanol–water partition coefficient (Wildman–Crippen LogP) is 4.46. The van der Waals surface area contributed by atoms with Gasteiger partial charge in [-0.15, -0.1) is 11.8 Å². The molecule has 0 spiro atoms. The number of rotatable bonds is 7. The summed E-state index contributed by atoms with van der Waals surface area (Å²) in [6.45, 7) is 1.03. The molecule has 0 saturated heterocycles. The number of hydrogen-bond acceptors (Lipinski definition) is 3. The highest BCUT2D eigenvalue weighted by atomic mass is 32.2. The van der Waals surface area contributed by atoms with E-state index < -0.39 is 0 Å². The Labute approximate surface area is 179 Å². The molecule has 0 saturated carbocycles. The molecule has 1 aromatic heterocycles. The summed E-state index contributed by atoms with van der Waals surface area (Å²) in [5.74, 6) is 0.390. The smallest absolute Gasteiger partial charge is 0.250 e. The Hall–Kier alpha value is -3.31. The van der Waals surface area contributed by atoms with E-state index in [9.17, 15) is 9.59 Å². The second-order valence-electron chi connectivity index (χ2n) is 7.06. The van der Waals surface area contributed by atoms with E-state index in [0.29, 0.717) is 18.8 Å². The molecule has 4 aromatic rings. The van der Waals surface area contributed by atoms with Crippen molar-refractivity contribution in [1.82, 2.24) is 9.88 Å². The SMILES string of the molecule is O=C(CSc1ccc2ccccc2c1)NCc1ccc(Cn2ccccc2=O)cc1. The minimum absolute atomic E-state index is 0.00747. The molecule has 1 heterocycles. The van der Waals surface area contributed by atoms with E-state index in [2.05, 4.69) is 35.6 Å². The normalized spacial score (nSPS) is 10.8. The summed E-state index contributed by atoms with van der Waals surface area (Å²) in [6, 6.07) is 27.6. The topological polar surface area (TPSA) is 51.1 Å². The van der Waals surface area contributed by atoms with E-state index in [1.54, 1.807) is 22.9 Å². The third-order valence-corrected chi connectivity index (χ3v) is 5.85. The fraction of sp³-hybridized carbons (Fsp3) is 0.120. The Balaban J connectivity index is 1.27. The number of carbonyl (C=O) groups is 1. The molecule has 150 valence electrons. The highest BCUT2D eigenvalue weighted by molar-refractivity contribution is 8.00. The monoisotopic (exact) mass is 414 g/mol. The van der Waals surface area contributed by atoms with E-state index >= 15 is 0 Å². The van der Waals surface area contributed by atoms with Gasteiger partial charge < -0.3 is 9.88 Å². The summed E-state index contributed by atoms with van der Waals surface area (Å²) in [5, 5.41) is 5.35. The number of pyridine rings is 1. The standard InChI is InChI=1S/C25H22N2O2S/c28-24(18-30-23-13-12-21-5-1-2-6-22(21)15-23)26-16-19-8-10-20(11-9-19)17-27-14-4-3-7-25(27)29/h1-15H,16-18H2,(H,26,28). The van der Waals surface area contributed by atoms with Crippen LogP contribution in [-0.2, 0) is 17.9 Å². The van der Waals surface area contributed by atoms with Crippen LogP contribution in [0.4, 0.5) is 0 Å². The van der Waals surface area contributed by atoms with Crippen LogP contribution in [0.3, 0.4) is 0 Å². The summed E-state index contributed by atoms with van der Waals surface area (Å²) in [5.41, 5.74) is 2.06. The molecule has 3 aromatic carbocycles. The number of hydrogen-bond donors (Lipinski definition) is 1. The lowest BCUT2D eigenvalue weighted by Crippen LogP contribution is -2.24. The lowest BCUT2D eigenvalue weighted by molar-refractivity contribution is -0.118. The fourth-order valence-corrected chi connectivity index (χ4v) is 3.98. The second-order valence-corrected chi connectivity index (χ2v) is 8.11. The van der Waals surface area contributed by atoms with Crippen LogP contribution in [0, 0.1) is 0 Å². The number of thioether (sulfide) groups is 1. The van der Waals surface area contributed by atoms with Gasteiger partial charge in [0.1, 0.15) is 0 Å². The Bertz CT molecular complexity index is 1220. The van der Waals surface area contributed by atoms with Gasteiger partial charge in [0.2, 0.25) is 5.91 Å². The van der Waals surface area contributed by atoms with Crippen LogP contribution in [0.15, 0.2) is 101 Å². The van der Waals surface area contributed by atoms with Crippen LogP contribution in [0.1, 0.15) is 11.1 Å². The summed E-state index contributed by atoms with van der Waals surface area (Å²) >= 11 is 1.54. The highest BCUT2D eigenvalue weighted by Gasteiger charge is 2.05. The number of amides is 1. The van der Waals surface area contributed by atoms with Crippen molar-refractivity contribution in [3.63, 3.8) is 0 Å². The molecule has 0 aliphatic carbocycles. The molecule has 1 N–H and O–H groups in total. The molecule has 30 heavy (non-hydrogen) atoms. The minimum atomic E-state index is -0.0160. The third kappa shape index (κ3) is 5.19. The quantitative estimate of drug-likeness (QED) is 0.454. The Kier molecular flexibility index (Phi) is 6.30. The molecular weight excluding hydrogens is 392 g/mol. The lowest BCUT2D eigenvalue weighted by atomic mass is 10.1. The number of benzene rings is 3. The zero-order chi connectivity index (χ0) is 20.8. The van der Waals surface area contributed by atoms with Gasteiger partial charge in [0.25, 0.3) is 5.56 Å². The van der Waals surface area contributed by atoms with Crippen LogP contribution < -0.4 is 10.9 Å². The number of carbonyl (C=O) groups excluding carboxylic acids is 1. The maximum atomic E-state index is 12.2. The van der Waals surface area contributed by atoms with Gasteiger partial charge >= 0.3 is 0 Å². The molecule has 0 fully saturated rings. The molecular formula is C25H22N2O2S. The van der Waals surface area contributed by atoms with Crippen LogP contribution in [-0.4, -0.2) is 16.2 Å². The van der Waals surface area contributed by atoms with Gasteiger partial charge in [-0.25, -0.2) is 0 Å². The third-order valence-electron chi connectivity index (χ3n) is 4.86. The average Bonchev–Trinajstić information content (AvgIpc) is 2.78. The maximum absolute atomic E-state index is 12.2. The van der Waals surface area contributed by atoms with Crippen LogP contribution in [0.25, 0.3) is 10.8 Å². The second kappa shape index (κ2) is 9.46. The zero-order valence-corrected chi connectivity index (χ0v) is 17.3. The van der Waals surface area contributed by atoms with E-state index in [-0.39, 0.29) is 11.5 Å². The van der Waals surface area contributed by atoms with Gasteiger partial charge in [0, 0.05) is 23.7 Å². The Morgan fingerprint density at radius 2 is 1.57 bits per heavy atom. The van der Waals surface area contributed by atoms with Crippen molar-refractivity contribution in [3.8, 4) is 0 Å². The van der Waals surface area contributed by atoms with E-state index in [4.69, 9.17) is 0 Å². The predicted molar refractivity (Wildman–Crippen MR) is 123 cm³/mol. The first-order valence-corrected chi connectivity index (χ1v) is 10.8. The van der Waals surface area contributed by atoms with Gasteiger partial charge in [-0.3, -0.25) is 9.59 Å². The van der Waals surface area contributed by atoms with Crippen molar-refractivity contribution in [3.05, 3.63) is 113 Å². The highest BCUT2D eigenvalue weighted by Crippen LogP contribution is 2.23. The summed E-state index contributed by atoms with van der Waals surface area (Å²) in [6.07, 6.45) is 1.78. The molecule has 0 radical (unpaired) electrons. The number of nitrogens with zero attached hydrogens (tertiary/aromatic N) is 1. The summed E-state index contributed by atoms with van der Waals surface area (Å²) in [7, 11) is 0. The van der Waals surface area contributed by atoms with Gasteiger partial charge in [-0.2, -0.15) is 0 Å². The molecule has 1 amide bonds. The van der Waals surface area contributed by atoms with Crippen molar-refractivity contribution in [2.75, 3.05) is 5.75 Å². The average molecular weight is 415 g/mol. The van der Waals surface area contributed by atoms with Crippen molar-refractivity contribution < 1.29 is 4.79 Å². The molecule has 5 heteroatoms. The van der Waals surface area contributed by atoms with Gasteiger partial charge in [0.05, 0.1) is 12.3 Å². The number of aromatic nitrogens is 1. The fourth-order valence-electron chi connectivity index (χ4n) is 3.21. The molecule has 0 bridgehead atoms. The van der Waals surface area contributed by atoms with Crippen molar-refractivity contribution in [2.45, 2.75) is 18.0 Å². The molecule has 0 aliphatic rings. The number of nitrogens with one attached hydrogen (secondary N) is 1. The van der Waals surface area contributed by atoms with Gasteiger partial charge in [-0.05, 0) is 40.1 Å². The molecule has 4 rings (SSSR count).